The van der Waals surface area contributed by atoms with Crippen molar-refractivity contribution in [1.82, 2.24) is 19.1 Å². The van der Waals surface area contributed by atoms with E-state index in [-0.39, 0.29) is 10.5 Å². The summed E-state index contributed by atoms with van der Waals surface area (Å²) in [6, 6.07) is 11.1. The molecule has 1 fully saturated rings. The molecule has 0 bridgehead atoms. The molecule has 4 rings (SSSR count). The molecule has 30 heavy (non-hydrogen) atoms. The van der Waals surface area contributed by atoms with Crippen molar-refractivity contribution < 1.29 is 13.2 Å². The Balaban J connectivity index is 1.61. The van der Waals surface area contributed by atoms with E-state index in [2.05, 4.69) is 15.4 Å². The third-order valence-corrected chi connectivity index (χ3v) is 7.05. The van der Waals surface area contributed by atoms with E-state index in [9.17, 15) is 13.2 Å². The Bertz CT molecular complexity index is 1160. The fourth-order valence-electron chi connectivity index (χ4n) is 3.39. The van der Waals surface area contributed by atoms with Crippen LogP contribution in [0.25, 0.3) is 5.69 Å². The topological polar surface area (TPSA) is 97.2 Å². The van der Waals surface area contributed by atoms with Crippen LogP contribution in [0.3, 0.4) is 0 Å². The quantitative estimate of drug-likeness (QED) is 0.649. The second-order valence-corrected chi connectivity index (χ2v) is 9.32. The zero-order chi connectivity index (χ0) is 21.1. The number of piperidine rings is 1. The number of hydrogen-bond acceptors (Lipinski definition) is 5. The van der Waals surface area contributed by atoms with Crippen LogP contribution in [-0.2, 0) is 10.0 Å². The van der Waals surface area contributed by atoms with Gasteiger partial charge >= 0.3 is 0 Å². The van der Waals surface area contributed by atoms with E-state index in [1.165, 1.54) is 33.8 Å². The number of halogens is 1. The molecule has 1 amide bonds. The Morgan fingerprint density at radius 3 is 2.60 bits per heavy atom. The first kappa shape index (κ1) is 20.5. The van der Waals surface area contributed by atoms with Gasteiger partial charge in [-0.2, -0.15) is 9.40 Å². The molecule has 1 aliphatic rings. The van der Waals surface area contributed by atoms with Gasteiger partial charge in [-0.05, 0) is 49.2 Å². The van der Waals surface area contributed by atoms with E-state index < -0.39 is 15.9 Å². The molecule has 1 aliphatic heterocycles. The molecule has 0 saturated carbocycles. The Labute approximate surface area is 179 Å². The number of carbonyl (C=O) groups is 1. The maximum absolute atomic E-state index is 12.9. The highest BCUT2D eigenvalue weighted by Gasteiger charge is 2.26. The van der Waals surface area contributed by atoms with Gasteiger partial charge < -0.3 is 5.32 Å². The molecule has 0 unspecified atom stereocenters. The molecular weight excluding hydrogens is 426 g/mol. The number of sulfonamides is 1. The molecule has 1 aromatic heterocycles. The summed E-state index contributed by atoms with van der Waals surface area (Å²) >= 11 is 6.10. The van der Waals surface area contributed by atoms with E-state index in [0.29, 0.717) is 29.5 Å². The van der Waals surface area contributed by atoms with Gasteiger partial charge in [0.15, 0.2) is 0 Å². The fourth-order valence-corrected chi connectivity index (χ4v) is 5.12. The Hall–Kier alpha value is -2.75. The smallest absolute Gasteiger partial charge is 0.255 e. The number of nitrogens with one attached hydrogen (secondary N) is 1. The standard InChI is InChI=1S/C20H20ClN5O3S/c21-16-7-8-19(26-14-22-13-23-26)18(12-16)24-20(27)15-5-4-6-17(11-15)30(28,29)25-9-2-1-3-10-25/h4-8,11-14H,1-3,9-10H2,(H,24,27). The summed E-state index contributed by atoms with van der Waals surface area (Å²) in [5.74, 6) is -0.450. The minimum Gasteiger partial charge on any atom is -0.320 e. The lowest BCUT2D eigenvalue weighted by Crippen LogP contribution is -2.35. The van der Waals surface area contributed by atoms with E-state index in [1.807, 2.05) is 0 Å². The highest BCUT2D eigenvalue weighted by Crippen LogP contribution is 2.26. The Morgan fingerprint density at radius 2 is 1.87 bits per heavy atom. The monoisotopic (exact) mass is 445 g/mol. The van der Waals surface area contributed by atoms with Crippen molar-refractivity contribution in [1.29, 1.82) is 0 Å². The second kappa shape index (κ2) is 8.55. The highest BCUT2D eigenvalue weighted by molar-refractivity contribution is 7.89. The number of anilines is 1. The van der Waals surface area contributed by atoms with E-state index in [4.69, 9.17) is 11.6 Å². The highest BCUT2D eigenvalue weighted by atomic mass is 35.5. The molecule has 1 N–H and O–H groups in total. The van der Waals surface area contributed by atoms with E-state index >= 15 is 0 Å². The first-order chi connectivity index (χ1) is 14.4. The number of benzene rings is 2. The van der Waals surface area contributed by atoms with Crippen molar-refractivity contribution >= 4 is 33.2 Å². The summed E-state index contributed by atoms with van der Waals surface area (Å²) in [5, 5.41) is 7.32. The normalized spacial score (nSPS) is 15.1. The molecule has 0 radical (unpaired) electrons. The van der Waals surface area contributed by atoms with Crippen molar-refractivity contribution in [2.45, 2.75) is 24.2 Å². The Kier molecular flexibility index (Phi) is 5.85. The van der Waals surface area contributed by atoms with Gasteiger partial charge in [-0.15, -0.1) is 0 Å². The number of amides is 1. The van der Waals surface area contributed by atoms with Crippen LogP contribution < -0.4 is 5.32 Å². The van der Waals surface area contributed by atoms with Gasteiger partial charge in [0, 0.05) is 23.7 Å². The van der Waals surface area contributed by atoms with E-state index in [0.717, 1.165) is 19.3 Å². The second-order valence-electron chi connectivity index (χ2n) is 6.95. The molecule has 2 heterocycles. The van der Waals surface area contributed by atoms with E-state index in [1.54, 1.807) is 30.3 Å². The SMILES string of the molecule is O=C(Nc1cc(Cl)ccc1-n1cncn1)c1cccc(S(=O)(=O)N2CCCCC2)c1. The first-order valence-electron chi connectivity index (χ1n) is 9.51. The summed E-state index contributed by atoms with van der Waals surface area (Å²) in [7, 11) is -3.63. The molecule has 0 atom stereocenters. The molecule has 0 aliphatic carbocycles. The van der Waals surface area contributed by atoms with Crippen LogP contribution in [0.1, 0.15) is 29.6 Å². The largest absolute Gasteiger partial charge is 0.320 e. The summed E-state index contributed by atoms with van der Waals surface area (Å²) in [6.07, 6.45) is 5.61. The van der Waals surface area contributed by atoms with Gasteiger partial charge in [-0.25, -0.2) is 18.1 Å². The van der Waals surface area contributed by atoms with Crippen LogP contribution in [0.4, 0.5) is 5.69 Å². The number of nitrogens with zero attached hydrogens (tertiary/aromatic N) is 4. The van der Waals surface area contributed by atoms with Gasteiger partial charge in [0.2, 0.25) is 10.0 Å². The van der Waals surface area contributed by atoms with Crippen LogP contribution in [0.5, 0.6) is 0 Å². The third-order valence-electron chi connectivity index (χ3n) is 4.92. The zero-order valence-corrected chi connectivity index (χ0v) is 17.6. The number of aromatic nitrogens is 3. The zero-order valence-electron chi connectivity index (χ0n) is 16.0. The van der Waals surface area contributed by atoms with Crippen LogP contribution in [-0.4, -0.2) is 46.5 Å². The Morgan fingerprint density at radius 1 is 1.07 bits per heavy atom. The average molecular weight is 446 g/mol. The lowest BCUT2D eigenvalue weighted by atomic mass is 10.2. The van der Waals surface area contributed by atoms with Crippen LogP contribution in [0.15, 0.2) is 60.0 Å². The number of rotatable bonds is 5. The van der Waals surface area contributed by atoms with Crippen molar-refractivity contribution in [2.24, 2.45) is 0 Å². The minimum absolute atomic E-state index is 0.111. The van der Waals surface area contributed by atoms with Crippen LogP contribution in [0, 0.1) is 0 Å². The van der Waals surface area contributed by atoms with Gasteiger partial charge in [-0.1, -0.05) is 24.1 Å². The predicted octanol–water partition coefficient (Wildman–Crippen LogP) is 3.35. The van der Waals surface area contributed by atoms with Gasteiger partial charge in [0.05, 0.1) is 16.3 Å². The van der Waals surface area contributed by atoms with Crippen LogP contribution >= 0.6 is 11.6 Å². The first-order valence-corrected chi connectivity index (χ1v) is 11.3. The average Bonchev–Trinajstić information content (AvgIpc) is 3.29. The van der Waals surface area contributed by atoms with Gasteiger partial charge in [0.25, 0.3) is 5.91 Å². The minimum atomic E-state index is -3.63. The maximum Gasteiger partial charge on any atom is 0.255 e. The molecule has 1 saturated heterocycles. The van der Waals surface area contributed by atoms with Crippen molar-refractivity contribution in [2.75, 3.05) is 18.4 Å². The lowest BCUT2D eigenvalue weighted by Gasteiger charge is -2.26. The van der Waals surface area contributed by atoms with Crippen molar-refractivity contribution in [3.63, 3.8) is 0 Å². The van der Waals surface area contributed by atoms with Crippen molar-refractivity contribution in [3.8, 4) is 5.69 Å². The van der Waals surface area contributed by atoms with Crippen molar-refractivity contribution in [3.05, 3.63) is 65.7 Å². The van der Waals surface area contributed by atoms with Gasteiger partial charge in [-0.3, -0.25) is 4.79 Å². The lowest BCUT2D eigenvalue weighted by molar-refractivity contribution is 0.102. The molecule has 2 aromatic carbocycles. The maximum atomic E-state index is 12.9. The molecular formula is C20H20ClN5O3S. The molecule has 10 heteroatoms. The van der Waals surface area contributed by atoms with Gasteiger partial charge in [0.1, 0.15) is 12.7 Å². The summed E-state index contributed by atoms with van der Waals surface area (Å²) in [6.45, 7) is 1.01. The summed E-state index contributed by atoms with van der Waals surface area (Å²) in [5.41, 5.74) is 1.25. The summed E-state index contributed by atoms with van der Waals surface area (Å²) in [4.78, 5) is 16.9. The van der Waals surface area contributed by atoms with Crippen LogP contribution in [0.2, 0.25) is 5.02 Å². The molecule has 8 nitrogen and oxygen atoms in total. The number of carbonyl (C=O) groups excluding carboxylic acids is 1. The molecule has 156 valence electrons. The number of hydrogen-bond donors (Lipinski definition) is 1. The molecule has 0 spiro atoms. The fraction of sp³-hybridized carbons (Fsp3) is 0.250. The predicted molar refractivity (Wildman–Crippen MR) is 113 cm³/mol. The molecule has 3 aromatic rings. The third kappa shape index (κ3) is 4.23. The summed E-state index contributed by atoms with van der Waals surface area (Å²) < 4.78 is 28.8.